The van der Waals surface area contributed by atoms with E-state index in [-0.39, 0.29) is 0 Å². The highest BCUT2D eigenvalue weighted by Crippen LogP contribution is 2.13. The second kappa shape index (κ2) is 23.3. The second-order valence-electron chi connectivity index (χ2n) is 9.36. The molecule has 0 aliphatic carbocycles. The Bertz CT molecular complexity index is 477. The highest BCUT2D eigenvalue weighted by molar-refractivity contribution is 5.13. The predicted octanol–water partition coefficient (Wildman–Crippen LogP) is 8.23. The maximum atomic E-state index is 9.98. The first-order valence-corrected chi connectivity index (χ1v) is 13.7. The first kappa shape index (κ1) is 29.1. The molecule has 0 amide bonds. The Labute approximate surface area is 199 Å². The van der Waals surface area contributed by atoms with Crippen LogP contribution in [-0.4, -0.2) is 31.0 Å². The molecule has 0 aliphatic heterocycles. The summed E-state index contributed by atoms with van der Waals surface area (Å²) in [7, 11) is 0. The van der Waals surface area contributed by atoms with Gasteiger partial charge in [-0.2, -0.15) is 0 Å². The molecule has 0 saturated heterocycles. The molecular formula is C29H52O3. The molecular weight excluding hydrogens is 396 g/mol. The zero-order valence-corrected chi connectivity index (χ0v) is 21.1. The van der Waals surface area contributed by atoms with Crippen molar-refractivity contribution in [1.29, 1.82) is 0 Å². The van der Waals surface area contributed by atoms with Crippen LogP contribution in [0.4, 0.5) is 0 Å². The number of hydrogen-bond acceptors (Lipinski definition) is 3. The van der Waals surface area contributed by atoms with E-state index in [1.807, 2.05) is 18.2 Å². The van der Waals surface area contributed by atoms with E-state index in [0.717, 1.165) is 13.0 Å². The minimum atomic E-state index is -0.424. The van der Waals surface area contributed by atoms with Crippen molar-refractivity contribution in [3.8, 4) is 0 Å². The molecule has 0 saturated carbocycles. The van der Waals surface area contributed by atoms with Crippen molar-refractivity contribution < 1.29 is 14.6 Å². The lowest BCUT2D eigenvalue weighted by molar-refractivity contribution is 0.0101. The number of unbranched alkanes of at least 4 members (excludes halogenated alkanes) is 15. The second-order valence-corrected chi connectivity index (χ2v) is 9.36. The predicted molar refractivity (Wildman–Crippen MR) is 137 cm³/mol. The normalized spacial score (nSPS) is 12.3. The van der Waals surface area contributed by atoms with E-state index >= 15 is 0 Å². The van der Waals surface area contributed by atoms with Gasteiger partial charge in [-0.15, -0.1) is 0 Å². The van der Waals surface area contributed by atoms with Gasteiger partial charge >= 0.3 is 0 Å². The van der Waals surface area contributed by atoms with Gasteiger partial charge in [0.2, 0.25) is 0 Å². The van der Waals surface area contributed by atoms with Gasteiger partial charge in [-0.3, -0.25) is 0 Å². The molecule has 3 nitrogen and oxygen atoms in total. The molecule has 1 atom stereocenters. The van der Waals surface area contributed by atoms with Crippen LogP contribution in [0.1, 0.15) is 122 Å². The quantitative estimate of drug-likeness (QED) is 0.162. The molecule has 0 spiro atoms. The van der Waals surface area contributed by atoms with Crippen LogP contribution < -0.4 is 0 Å². The van der Waals surface area contributed by atoms with Crippen LogP contribution in [0.2, 0.25) is 0 Å². The van der Waals surface area contributed by atoms with Crippen molar-refractivity contribution in [1.82, 2.24) is 0 Å². The molecule has 0 aliphatic rings. The van der Waals surface area contributed by atoms with E-state index in [9.17, 15) is 5.11 Å². The van der Waals surface area contributed by atoms with Gasteiger partial charge in [0.1, 0.15) is 0 Å². The number of hydrogen-bond donors (Lipinski definition) is 1. The molecule has 186 valence electrons. The monoisotopic (exact) mass is 448 g/mol. The van der Waals surface area contributed by atoms with Gasteiger partial charge < -0.3 is 14.6 Å². The molecule has 0 fully saturated rings. The van der Waals surface area contributed by atoms with Gasteiger partial charge in [0, 0.05) is 13.2 Å². The highest BCUT2D eigenvalue weighted by Gasteiger charge is 2.04. The fourth-order valence-electron chi connectivity index (χ4n) is 4.04. The van der Waals surface area contributed by atoms with Crippen molar-refractivity contribution in [2.75, 3.05) is 19.8 Å². The molecule has 1 N–H and O–H groups in total. The van der Waals surface area contributed by atoms with Gasteiger partial charge in [-0.25, -0.2) is 0 Å². The fourth-order valence-corrected chi connectivity index (χ4v) is 4.04. The number of aliphatic hydroxyl groups is 1. The summed E-state index contributed by atoms with van der Waals surface area (Å²) in [4.78, 5) is 0. The molecule has 1 rings (SSSR count). The van der Waals surface area contributed by atoms with Crippen molar-refractivity contribution in [2.45, 2.75) is 129 Å². The molecule has 0 bridgehead atoms. The number of aliphatic hydroxyl groups excluding tert-OH is 1. The first-order valence-electron chi connectivity index (χ1n) is 13.7. The van der Waals surface area contributed by atoms with Gasteiger partial charge in [-0.1, -0.05) is 134 Å². The third kappa shape index (κ3) is 19.8. The molecule has 1 aromatic rings. The van der Waals surface area contributed by atoms with Crippen LogP contribution in [0.25, 0.3) is 0 Å². The average Bonchev–Trinajstić information content (AvgIpc) is 2.82. The Morgan fingerprint density at radius 1 is 0.625 bits per heavy atom. The zero-order valence-electron chi connectivity index (χ0n) is 21.1. The smallest absolute Gasteiger partial charge is 0.0795 e. The van der Waals surface area contributed by atoms with Crippen LogP contribution in [0.5, 0.6) is 0 Å². The van der Waals surface area contributed by atoms with Crippen LogP contribution >= 0.6 is 0 Å². The molecule has 0 radical (unpaired) electrons. The Balaban J connectivity index is 1.71. The maximum absolute atomic E-state index is 9.98. The van der Waals surface area contributed by atoms with Gasteiger partial charge in [0.05, 0.1) is 19.3 Å². The van der Waals surface area contributed by atoms with E-state index in [2.05, 4.69) is 19.1 Å². The summed E-state index contributed by atoms with van der Waals surface area (Å²) in [5.41, 5.74) is 1.17. The summed E-state index contributed by atoms with van der Waals surface area (Å²) in [5.74, 6) is 0. The number of ether oxygens (including phenoxy) is 2. The largest absolute Gasteiger partial charge is 0.391 e. The third-order valence-corrected chi connectivity index (χ3v) is 6.16. The Hall–Kier alpha value is -0.900. The minimum Gasteiger partial charge on any atom is -0.391 e. The lowest BCUT2D eigenvalue weighted by atomic mass is 10.0. The Morgan fingerprint density at radius 2 is 1.12 bits per heavy atom. The minimum absolute atomic E-state index is 0.424. The Kier molecular flexibility index (Phi) is 21.2. The maximum Gasteiger partial charge on any atom is 0.0795 e. The lowest BCUT2D eigenvalue weighted by Gasteiger charge is -2.11. The van der Waals surface area contributed by atoms with Gasteiger partial charge in [-0.05, 0) is 18.4 Å². The highest BCUT2D eigenvalue weighted by atomic mass is 16.5. The standard InChI is InChI=1S/C29H52O3/c1-2-3-4-5-6-7-8-9-10-11-12-13-14-15-16-20-24-31-27-29(30)23-25-32-26-28-21-18-17-19-22-28/h17-19,21-22,29-30H,2-16,20,23-27H2,1H3. The third-order valence-electron chi connectivity index (χ3n) is 6.16. The number of rotatable bonds is 24. The van der Waals surface area contributed by atoms with E-state index < -0.39 is 6.10 Å². The number of benzene rings is 1. The van der Waals surface area contributed by atoms with Crippen LogP contribution in [0, 0.1) is 0 Å². The van der Waals surface area contributed by atoms with Crippen molar-refractivity contribution in [2.24, 2.45) is 0 Å². The van der Waals surface area contributed by atoms with E-state index in [4.69, 9.17) is 9.47 Å². The fraction of sp³-hybridized carbons (Fsp3) is 0.793. The summed E-state index contributed by atoms with van der Waals surface area (Å²) < 4.78 is 11.2. The molecule has 0 aromatic heterocycles. The first-order chi connectivity index (χ1) is 15.8. The van der Waals surface area contributed by atoms with Crippen molar-refractivity contribution in [3.63, 3.8) is 0 Å². The van der Waals surface area contributed by atoms with Crippen LogP contribution in [0.15, 0.2) is 30.3 Å². The SMILES string of the molecule is CCCCCCCCCCCCCCCCCCOCC(O)CCOCc1ccccc1. The van der Waals surface area contributed by atoms with Crippen LogP contribution in [-0.2, 0) is 16.1 Å². The zero-order chi connectivity index (χ0) is 23.0. The van der Waals surface area contributed by atoms with E-state index in [0.29, 0.717) is 26.2 Å². The van der Waals surface area contributed by atoms with E-state index in [1.54, 1.807) is 0 Å². The summed E-state index contributed by atoms with van der Waals surface area (Å²) >= 11 is 0. The van der Waals surface area contributed by atoms with Crippen molar-refractivity contribution >= 4 is 0 Å². The molecule has 3 heteroatoms. The summed E-state index contributed by atoms with van der Waals surface area (Å²) in [6.45, 7) is 4.65. The summed E-state index contributed by atoms with van der Waals surface area (Å²) in [6.07, 6.45) is 22.3. The molecule has 0 heterocycles. The molecule has 1 aromatic carbocycles. The van der Waals surface area contributed by atoms with E-state index in [1.165, 1.54) is 102 Å². The average molecular weight is 449 g/mol. The topological polar surface area (TPSA) is 38.7 Å². The van der Waals surface area contributed by atoms with Gasteiger partial charge in [0.15, 0.2) is 0 Å². The van der Waals surface area contributed by atoms with Crippen molar-refractivity contribution in [3.05, 3.63) is 35.9 Å². The lowest BCUT2D eigenvalue weighted by Crippen LogP contribution is -2.18. The van der Waals surface area contributed by atoms with Crippen LogP contribution in [0.3, 0.4) is 0 Å². The molecule has 1 unspecified atom stereocenters. The molecule has 32 heavy (non-hydrogen) atoms. The Morgan fingerprint density at radius 3 is 1.66 bits per heavy atom. The summed E-state index contributed by atoms with van der Waals surface area (Å²) in [6, 6.07) is 10.1. The van der Waals surface area contributed by atoms with Gasteiger partial charge in [0.25, 0.3) is 0 Å². The summed E-state index contributed by atoms with van der Waals surface area (Å²) in [5, 5.41) is 9.98.